The van der Waals surface area contributed by atoms with E-state index in [1.807, 2.05) is 44.2 Å². The molecule has 254 valence electrons. The van der Waals surface area contributed by atoms with Gasteiger partial charge in [-0.2, -0.15) is 0 Å². The average molecular weight is 671 g/mol. The predicted molar refractivity (Wildman–Crippen MR) is 229 cm³/mol. The molecule has 2 aliphatic rings. The highest BCUT2D eigenvalue weighted by Gasteiger charge is 2.51. The van der Waals surface area contributed by atoms with Crippen molar-refractivity contribution < 1.29 is 0 Å². The predicted octanol–water partition coefficient (Wildman–Crippen LogP) is 14.1. The Hall–Kier alpha value is -6.24. The van der Waals surface area contributed by atoms with Crippen LogP contribution in [0.25, 0.3) is 33.5 Å². The van der Waals surface area contributed by atoms with Crippen LogP contribution >= 0.6 is 0 Å². The third-order valence-electron chi connectivity index (χ3n) is 9.69. The summed E-state index contributed by atoms with van der Waals surface area (Å²) in [5.41, 5.74) is 12.8. The van der Waals surface area contributed by atoms with Gasteiger partial charge in [-0.1, -0.05) is 214 Å². The Labute approximate surface area is 310 Å². The van der Waals surface area contributed by atoms with Crippen LogP contribution in [0.1, 0.15) is 48.6 Å². The van der Waals surface area contributed by atoms with Gasteiger partial charge in [0.05, 0.1) is 5.41 Å². The molecule has 0 bridgehead atoms. The molecule has 0 heteroatoms. The van der Waals surface area contributed by atoms with E-state index in [9.17, 15) is 0 Å². The summed E-state index contributed by atoms with van der Waals surface area (Å²) in [5.74, 6) is 0. The van der Waals surface area contributed by atoms with Crippen LogP contribution in [0.4, 0.5) is 0 Å². The molecular weight excluding hydrogens is 625 g/mol. The standard InChI is InChI=1S/C52H46/c1-6-10-13-27-41-29-22-34-47-46-33-19-21-36-50(46)52(51(47)38-37-42-28-16-17-30-43(41)42)48(25-9-4)44(45-32-18-20-35-49(45)52)31-15-12-11-14-26-39(5)40(23-7-2)24-8-3/h6-38H,2,5H2,1,3-4H3/b10-6-,12-11-,24-8-,25-9+,26-14-,27-13-,29-22?,31-15-,34-22?,38-37?,40-23+,41-29?,42-37?,43-41?,47-34?,51-38?. The lowest BCUT2D eigenvalue weighted by molar-refractivity contribution is 0.786. The molecule has 0 N–H and O–H groups in total. The van der Waals surface area contributed by atoms with Crippen molar-refractivity contribution in [2.75, 3.05) is 0 Å². The lowest BCUT2D eigenvalue weighted by Crippen LogP contribution is -2.26. The summed E-state index contributed by atoms with van der Waals surface area (Å²) in [7, 11) is 0. The van der Waals surface area contributed by atoms with Gasteiger partial charge >= 0.3 is 0 Å². The Bertz CT molecular complexity index is 2350. The second-order valence-electron chi connectivity index (χ2n) is 12.8. The van der Waals surface area contributed by atoms with E-state index in [4.69, 9.17) is 0 Å². The zero-order valence-corrected chi connectivity index (χ0v) is 30.5. The Balaban J connectivity index is 1.56. The normalized spacial score (nSPS) is 16.9. The molecule has 6 rings (SSSR count). The van der Waals surface area contributed by atoms with E-state index in [1.165, 1.54) is 60.9 Å². The summed E-state index contributed by atoms with van der Waals surface area (Å²) >= 11 is 0. The molecule has 1 atom stereocenters. The van der Waals surface area contributed by atoms with Crippen molar-refractivity contribution in [3.8, 4) is 11.1 Å². The fourth-order valence-electron chi connectivity index (χ4n) is 7.57. The first kappa shape index (κ1) is 35.6. The van der Waals surface area contributed by atoms with Gasteiger partial charge < -0.3 is 0 Å². The Morgan fingerprint density at radius 3 is 1.94 bits per heavy atom. The van der Waals surface area contributed by atoms with E-state index in [-0.39, 0.29) is 0 Å². The van der Waals surface area contributed by atoms with E-state index in [0.29, 0.717) is 0 Å². The van der Waals surface area contributed by atoms with Crippen LogP contribution in [0.3, 0.4) is 0 Å². The SMILES string of the molecule is C=C/C=C(\C=C/C)C(=C)\C=C/C=C\C=C/C1=C(/C=C/C)C2(c3ccccc31)c1ccccc1-c1cccc(/C=C\C=C/C)c3ccccc3ccc12. The summed E-state index contributed by atoms with van der Waals surface area (Å²) in [5, 5.41) is 2.39. The van der Waals surface area contributed by atoms with Crippen LogP contribution in [0.2, 0.25) is 0 Å². The molecule has 2 aliphatic carbocycles. The van der Waals surface area contributed by atoms with Crippen molar-refractivity contribution in [2.24, 2.45) is 0 Å². The van der Waals surface area contributed by atoms with Crippen LogP contribution < -0.4 is 0 Å². The van der Waals surface area contributed by atoms with Crippen molar-refractivity contribution >= 4 is 22.4 Å². The monoisotopic (exact) mass is 670 g/mol. The minimum atomic E-state index is -0.482. The summed E-state index contributed by atoms with van der Waals surface area (Å²) in [6.45, 7) is 14.2. The molecule has 0 radical (unpaired) electrons. The molecule has 4 aromatic carbocycles. The molecule has 0 saturated carbocycles. The first-order valence-corrected chi connectivity index (χ1v) is 18.0. The van der Waals surface area contributed by atoms with Crippen LogP contribution in [0.5, 0.6) is 0 Å². The largest absolute Gasteiger partial charge is 0.0990 e. The van der Waals surface area contributed by atoms with E-state index >= 15 is 0 Å². The highest BCUT2D eigenvalue weighted by atomic mass is 14.5. The minimum absolute atomic E-state index is 0.482. The van der Waals surface area contributed by atoms with Crippen LogP contribution in [0, 0.1) is 0 Å². The van der Waals surface area contributed by atoms with Gasteiger partial charge in [0.2, 0.25) is 0 Å². The van der Waals surface area contributed by atoms with Crippen LogP contribution in [-0.4, -0.2) is 0 Å². The van der Waals surface area contributed by atoms with Gasteiger partial charge in [0.15, 0.2) is 0 Å². The van der Waals surface area contributed by atoms with Crippen LogP contribution in [0.15, 0.2) is 224 Å². The number of allylic oxidation sites excluding steroid dienone is 19. The van der Waals surface area contributed by atoms with E-state index < -0.39 is 5.41 Å². The Morgan fingerprint density at radius 1 is 0.538 bits per heavy atom. The molecule has 4 aromatic rings. The maximum atomic E-state index is 4.23. The number of rotatable bonds is 10. The zero-order valence-electron chi connectivity index (χ0n) is 30.5. The zero-order chi connectivity index (χ0) is 36.3. The quantitative estimate of drug-likeness (QED) is 0.147. The molecule has 1 spiro atoms. The molecule has 0 fully saturated rings. The third kappa shape index (κ3) is 6.76. The maximum absolute atomic E-state index is 4.23. The van der Waals surface area contributed by atoms with Gasteiger partial charge in [-0.15, -0.1) is 0 Å². The molecule has 0 nitrogen and oxygen atoms in total. The summed E-state index contributed by atoms with van der Waals surface area (Å²) in [4.78, 5) is 0. The van der Waals surface area contributed by atoms with E-state index in [0.717, 1.165) is 11.1 Å². The Morgan fingerprint density at radius 2 is 1.19 bits per heavy atom. The van der Waals surface area contributed by atoms with Gasteiger partial charge in [0.1, 0.15) is 0 Å². The first-order chi connectivity index (χ1) is 25.6. The fraction of sp³-hybridized carbons (Fsp3) is 0.0769. The maximum Gasteiger partial charge on any atom is 0.0725 e. The minimum Gasteiger partial charge on any atom is -0.0990 e. The number of hydrogen-bond donors (Lipinski definition) is 0. The van der Waals surface area contributed by atoms with Gasteiger partial charge in [0, 0.05) is 0 Å². The van der Waals surface area contributed by atoms with E-state index in [1.54, 1.807) is 6.08 Å². The summed E-state index contributed by atoms with van der Waals surface area (Å²) in [6, 6.07) is 38.0. The lowest BCUT2D eigenvalue weighted by Gasteiger charge is -2.31. The average Bonchev–Trinajstić information content (AvgIpc) is 3.60. The molecule has 1 unspecified atom stereocenters. The molecule has 0 aliphatic heterocycles. The highest BCUT2D eigenvalue weighted by Crippen LogP contribution is 2.62. The van der Waals surface area contributed by atoms with Gasteiger partial charge in [-0.05, 0) is 92.8 Å². The molecular formula is C52H46. The van der Waals surface area contributed by atoms with Crippen molar-refractivity contribution in [1.29, 1.82) is 0 Å². The first-order valence-electron chi connectivity index (χ1n) is 18.0. The second-order valence-corrected chi connectivity index (χ2v) is 12.8. The van der Waals surface area contributed by atoms with E-state index in [2.05, 4.69) is 184 Å². The molecule has 0 amide bonds. The molecule has 0 saturated heterocycles. The van der Waals surface area contributed by atoms with Crippen molar-refractivity contribution in [1.82, 2.24) is 0 Å². The van der Waals surface area contributed by atoms with Gasteiger partial charge in [-0.3, -0.25) is 0 Å². The van der Waals surface area contributed by atoms with Gasteiger partial charge in [0.25, 0.3) is 0 Å². The summed E-state index contributed by atoms with van der Waals surface area (Å²) < 4.78 is 0. The topological polar surface area (TPSA) is 0 Å². The van der Waals surface area contributed by atoms with Crippen molar-refractivity contribution in [3.05, 3.63) is 252 Å². The smallest absolute Gasteiger partial charge is 0.0725 e. The summed E-state index contributed by atoms with van der Waals surface area (Å²) in [6.07, 6.45) is 33.4. The molecule has 52 heavy (non-hydrogen) atoms. The molecule has 0 aromatic heterocycles. The Kier molecular flexibility index (Phi) is 11.4. The van der Waals surface area contributed by atoms with Crippen molar-refractivity contribution in [3.63, 3.8) is 0 Å². The second kappa shape index (κ2) is 16.6. The number of fused-ring (bicyclic) bond motifs is 8. The van der Waals surface area contributed by atoms with Crippen molar-refractivity contribution in [2.45, 2.75) is 26.2 Å². The number of benzene rings is 3. The number of hydrogen-bond acceptors (Lipinski definition) is 0. The third-order valence-corrected chi connectivity index (χ3v) is 9.69. The van der Waals surface area contributed by atoms with Crippen LogP contribution in [-0.2, 0) is 5.41 Å². The fourth-order valence-corrected chi connectivity index (χ4v) is 7.57. The van der Waals surface area contributed by atoms with Gasteiger partial charge in [-0.25, -0.2) is 0 Å². The lowest BCUT2D eigenvalue weighted by atomic mass is 9.69. The molecule has 0 heterocycles. The highest BCUT2D eigenvalue weighted by molar-refractivity contribution is 5.98.